The van der Waals surface area contributed by atoms with Gasteiger partial charge in [0.2, 0.25) is 10.0 Å². The minimum Gasteiger partial charge on any atom is -0.211 e. The molecule has 1 aliphatic rings. The molecule has 3 nitrogen and oxygen atoms in total. The van der Waals surface area contributed by atoms with Crippen LogP contribution in [0.2, 0.25) is 0 Å². The van der Waals surface area contributed by atoms with Crippen molar-refractivity contribution in [1.29, 1.82) is 0 Å². The van der Waals surface area contributed by atoms with Crippen LogP contribution in [-0.2, 0) is 16.4 Å². The predicted molar refractivity (Wildman–Crippen MR) is 68.3 cm³/mol. The smallest absolute Gasteiger partial charge is 0.211 e. The van der Waals surface area contributed by atoms with Crippen LogP contribution in [0.3, 0.4) is 0 Å². The second-order valence-corrected chi connectivity index (χ2v) is 6.39. The van der Waals surface area contributed by atoms with E-state index in [1.165, 1.54) is 12.8 Å². The lowest BCUT2D eigenvalue weighted by molar-refractivity contribution is 0.579. The highest BCUT2D eigenvalue weighted by Gasteiger charge is 2.25. The van der Waals surface area contributed by atoms with Gasteiger partial charge in [0.15, 0.2) is 0 Å². The van der Waals surface area contributed by atoms with Crippen molar-refractivity contribution in [2.24, 2.45) is 5.92 Å². The Morgan fingerprint density at radius 1 is 1.29 bits per heavy atom. The molecule has 94 valence electrons. The minimum absolute atomic E-state index is 0.459. The fraction of sp³-hybridized carbons (Fsp3) is 0.538. The van der Waals surface area contributed by atoms with Gasteiger partial charge in [-0.2, -0.15) is 0 Å². The maximum absolute atomic E-state index is 12.1. The van der Waals surface area contributed by atoms with Gasteiger partial charge in [-0.1, -0.05) is 25.1 Å². The Hall–Kier alpha value is -0.870. The van der Waals surface area contributed by atoms with Gasteiger partial charge in [0.05, 0.1) is 4.90 Å². The summed E-state index contributed by atoms with van der Waals surface area (Å²) in [6.45, 7) is 2.46. The van der Waals surface area contributed by atoms with Gasteiger partial charge < -0.3 is 0 Å². The average Bonchev–Trinajstić information content (AvgIpc) is 3.11. The van der Waals surface area contributed by atoms with Crippen LogP contribution >= 0.6 is 0 Å². The molecular weight excluding hydrogens is 234 g/mol. The van der Waals surface area contributed by atoms with Crippen LogP contribution in [0.5, 0.6) is 0 Å². The van der Waals surface area contributed by atoms with Gasteiger partial charge in [-0.05, 0) is 43.2 Å². The molecule has 1 saturated carbocycles. The Labute approximate surface area is 103 Å². The van der Waals surface area contributed by atoms with Crippen molar-refractivity contribution in [3.8, 4) is 0 Å². The van der Waals surface area contributed by atoms with Crippen molar-refractivity contribution < 1.29 is 8.42 Å². The van der Waals surface area contributed by atoms with Gasteiger partial charge in [0.1, 0.15) is 0 Å². The maximum atomic E-state index is 12.1. The average molecular weight is 253 g/mol. The van der Waals surface area contributed by atoms with Gasteiger partial charge in [0.25, 0.3) is 0 Å². The first kappa shape index (κ1) is 12.6. The fourth-order valence-electron chi connectivity index (χ4n) is 1.88. The lowest BCUT2D eigenvalue weighted by Gasteiger charge is -2.10. The molecule has 0 saturated heterocycles. The van der Waals surface area contributed by atoms with E-state index in [9.17, 15) is 8.42 Å². The molecule has 2 rings (SSSR count). The molecular formula is C13H19NO2S. The second-order valence-electron chi connectivity index (χ2n) is 4.65. The summed E-state index contributed by atoms with van der Waals surface area (Å²) in [6.07, 6.45) is 4.17. The summed E-state index contributed by atoms with van der Waals surface area (Å²) in [5.74, 6) is 0.692. The highest BCUT2D eigenvalue weighted by molar-refractivity contribution is 7.89. The van der Waals surface area contributed by atoms with Crippen molar-refractivity contribution in [2.45, 2.75) is 37.5 Å². The number of sulfonamides is 1. The molecule has 0 aromatic heterocycles. The van der Waals surface area contributed by atoms with E-state index in [1.54, 1.807) is 12.1 Å². The van der Waals surface area contributed by atoms with Crippen molar-refractivity contribution in [1.82, 2.24) is 4.72 Å². The van der Waals surface area contributed by atoms with Crippen molar-refractivity contribution in [3.05, 3.63) is 29.8 Å². The SMILES string of the molecule is CCCNS(=O)(=O)c1ccccc1CC1CC1. The Morgan fingerprint density at radius 2 is 2.00 bits per heavy atom. The van der Waals surface area contributed by atoms with Crippen LogP contribution in [0.4, 0.5) is 0 Å². The lowest BCUT2D eigenvalue weighted by atomic mass is 10.1. The van der Waals surface area contributed by atoms with E-state index in [1.807, 2.05) is 19.1 Å². The van der Waals surface area contributed by atoms with Gasteiger partial charge in [-0.25, -0.2) is 13.1 Å². The second kappa shape index (κ2) is 5.19. The molecule has 0 radical (unpaired) electrons. The number of benzene rings is 1. The quantitative estimate of drug-likeness (QED) is 0.845. The predicted octanol–water partition coefficient (Wildman–Crippen LogP) is 2.33. The summed E-state index contributed by atoms with van der Waals surface area (Å²) < 4.78 is 26.8. The van der Waals surface area contributed by atoms with E-state index in [4.69, 9.17) is 0 Å². The molecule has 0 aliphatic heterocycles. The third-order valence-electron chi connectivity index (χ3n) is 3.01. The highest BCUT2D eigenvalue weighted by Crippen LogP contribution is 2.34. The van der Waals surface area contributed by atoms with Crippen LogP contribution in [0.1, 0.15) is 31.7 Å². The molecule has 0 atom stereocenters. The van der Waals surface area contributed by atoms with Crippen molar-refractivity contribution in [3.63, 3.8) is 0 Å². The molecule has 0 unspecified atom stereocenters. The Bertz CT molecular complexity index is 478. The first-order valence-electron chi connectivity index (χ1n) is 6.21. The van der Waals surface area contributed by atoms with Crippen LogP contribution in [-0.4, -0.2) is 15.0 Å². The number of hydrogen-bond acceptors (Lipinski definition) is 2. The molecule has 1 aromatic carbocycles. The molecule has 1 aromatic rings. The molecule has 17 heavy (non-hydrogen) atoms. The van der Waals surface area contributed by atoms with Gasteiger partial charge in [0, 0.05) is 6.54 Å². The summed E-state index contributed by atoms with van der Waals surface area (Å²) in [6, 6.07) is 7.34. The fourth-order valence-corrected chi connectivity index (χ4v) is 3.26. The first-order valence-corrected chi connectivity index (χ1v) is 7.69. The molecule has 1 aliphatic carbocycles. The molecule has 1 fully saturated rings. The van der Waals surface area contributed by atoms with Crippen LogP contribution in [0, 0.1) is 5.92 Å². The largest absolute Gasteiger partial charge is 0.240 e. The molecule has 0 heterocycles. The molecule has 0 spiro atoms. The standard InChI is InChI=1S/C13H19NO2S/c1-2-9-14-17(15,16)13-6-4-3-5-12(13)10-11-7-8-11/h3-6,11,14H,2,7-10H2,1H3. The molecule has 0 bridgehead atoms. The lowest BCUT2D eigenvalue weighted by Crippen LogP contribution is -2.25. The van der Waals surface area contributed by atoms with E-state index in [0.29, 0.717) is 17.4 Å². The first-order chi connectivity index (χ1) is 8.13. The summed E-state index contributed by atoms with van der Waals surface area (Å²) in [5.41, 5.74) is 0.957. The zero-order chi connectivity index (χ0) is 12.3. The summed E-state index contributed by atoms with van der Waals surface area (Å²) in [4.78, 5) is 0.459. The van der Waals surface area contributed by atoms with Crippen molar-refractivity contribution in [2.75, 3.05) is 6.54 Å². The molecule has 1 N–H and O–H groups in total. The minimum atomic E-state index is -3.32. The van der Waals surface area contributed by atoms with E-state index >= 15 is 0 Å². The molecule has 4 heteroatoms. The Morgan fingerprint density at radius 3 is 2.65 bits per heavy atom. The maximum Gasteiger partial charge on any atom is 0.240 e. The van der Waals surface area contributed by atoms with Gasteiger partial charge >= 0.3 is 0 Å². The summed E-state index contributed by atoms with van der Waals surface area (Å²) in [5, 5.41) is 0. The molecule has 0 amide bonds. The van der Waals surface area contributed by atoms with E-state index < -0.39 is 10.0 Å². The summed E-state index contributed by atoms with van der Waals surface area (Å²) >= 11 is 0. The van der Waals surface area contributed by atoms with Crippen LogP contribution in [0.25, 0.3) is 0 Å². The van der Waals surface area contributed by atoms with Crippen LogP contribution in [0.15, 0.2) is 29.2 Å². The topological polar surface area (TPSA) is 46.2 Å². The summed E-state index contributed by atoms with van der Waals surface area (Å²) in [7, 11) is -3.32. The monoisotopic (exact) mass is 253 g/mol. The zero-order valence-electron chi connectivity index (χ0n) is 10.1. The van der Waals surface area contributed by atoms with E-state index in [-0.39, 0.29) is 0 Å². The Balaban J connectivity index is 2.23. The third-order valence-corrected chi connectivity index (χ3v) is 4.57. The number of nitrogens with one attached hydrogen (secondary N) is 1. The highest BCUT2D eigenvalue weighted by atomic mass is 32.2. The zero-order valence-corrected chi connectivity index (χ0v) is 11.0. The van der Waals surface area contributed by atoms with E-state index in [0.717, 1.165) is 18.4 Å². The Kier molecular flexibility index (Phi) is 3.84. The number of rotatable bonds is 6. The van der Waals surface area contributed by atoms with Crippen LogP contribution < -0.4 is 4.72 Å². The van der Waals surface area contributed by atoms with Crippen molar-refractivity contribution >= 4 is 10.0 Å². The van der Waals surface area contributed by atoms with Gasteiger partial charge in [-0.3, -0.25) is 0 Å². The van der Waals surface area contributed by atoms with Gasteiger partial charge in [-0.15, -0.1) is 0 Å². The third kappa shape index (κ3) is 3.30. The number of hydrogen-bond donors (Lipinski definition) is 1. The van der Waals surface area contributed by atoms with E-state index in [2.05, 4.69) is 4.72 Å². The normalized spacial score (nSPS) is 16.1.